The maximum Gasteiger partial charge on any atom is 0.253 e. The predicted octanol–water partition coefficient (Wildman–Crippen LogP) is 4.79. The van der Waals surface area contributed by atoms with Gasteiger partial charge in [-0.2, -0.15) is 10.2 Å². The average Bonchev–Trinajstić information content (AvgIpc) is 3.18. The van der Waals surface area contributed by atoms with Crippen LogP contribution in [0.5, 0.6) is 0 Å². The minimum atomic E-state index is 0.00126. The second kappa shape index (κ2) is 8.39. The van der Waals surface area contributed by atoms with Crippen molar-refractivity contribution in [1.82, 2.24) is 9.88 Å². The molecule has 1 amide bonds. The highest BCUT2D eigenvalue weighted by Gasteiger charge is 2.27. The lowest BCUT2D eigenvalue weighted by molar-refractivity contribution is 0.0745. The third kappa shape index (κ3) is 4.00. The molecule has 1 aromatic heterocycles. The van der Waals surface area contributed by atoms with E-state index in [0.717, 1.165) is 5.56 Å². The van der Waals surface area contributed by atoms with Crippen LogP contribution in [0.1, 0.15) is 21.6 Å². The Balaban J connectivity index is 1.51. The highest BCUT2D eigenvalue weighted by Crippen LogP contribution is 2.34. The van der Waals surface area contributed by atoms with Gasteiger partial charge in [0.05, 0.1) is 10.6 Å². The van der Waals surface area contributed by atoms with Crippen molar-refractivity contribution in [3.05, 3.63) is 69.3 Å². The Kier molecular flexibility index (Phi) is 5.67. The fraction of sp³-hybridized carbons (Fsp3) is 0.227. The number of nitriles is 1. The van der Waals surface area contributed by atoms with Crippen LogP contribution in [-0.2, 0) is 0 Å². The van der Waals surface area contributed by atoms with Gasteiger partial charge in [-0.1, -0.05) is 40.9 Å². The molecule has 0 unspecified atom stereocenters. The number of nitrogens with zero attached hydrogens (tertiary/aromatic N) is 4. The van der Waals surface area contributed by atoms with Crippen LogP contribution in [0.2, 0.25) is 10.0 Å². The lowest BCUT2D eigenvalue weighted by atomic mass is 10.1. The average molecular weight is 441 g/mol. The van der Waals surface area contributed by atoms with Crippen LogP contribution in [0.25, 0.3) is 11.5 Å². The molecule has 0 atom stereocenters. The predicted molar refractivity (Wildman–Crippen MR) is 116 cm³/mol. The van der Waals surface area contributed by atoms with Gasteiger partial charge in [-0.15, -0.1) is 0 Å². The number of halogens is 2. The van der Waals surface area contributed by atoms with Crippen LogP contribution < -0.4 is 4.90 Å². The molecule has 152 valence electrons. The van der Waals surface area contributed by atoms with Gasteiger partial charge >= 0.3 is 0 Å². The molecule has 1 aliphatic rings. The third-order valence-corrected chi connectivity index (χ3v) is 5.58. The molecule has 2 aromatic carbocycles. The van der Waals surface area contributed by atoms with E-state index in [1.54, 1.807) is 23.1 Å². The molecule has 4 rings (SSSR count). The summed E-state index contributed by atoms with van der Waals surface area (Å²) in [5.41, 5.74) is 2.54. The summed E-state index contributed by atoms with van der Waals surface area (Å²) in [7, 11) is 0. The minimum Gasteiger partial charge on any atom is -0.419 e. The number of amides is 1. The smallest absolute Gasteiger partial charge is 0.253 e. The Morgan fingerprint density at radius 1 is 1.10 bits per heavy atom. The molecule has 0 spiro atoms. The summed E-state index contributed by atoms with van der Waals surface area (Å²) in [6.45, 7) is 4.11. The van der Waals surface area contributed by atoms with E-state index in [4.69, 9.17) is 27.6 Å². The maximum atomic E-state index is 12.7. The SMILES string of the molecule is Cc1ccc(C(=O)N2CCN(c3oc(-c4ccc(Cl)cc4Cl)nc3C#N)CC2)cc1. The van der Waals surface area contributed by atoms with E-state index >= 15 is 0 Å². The topological polar surface area (TPSA) is 73.4 Å². The molecule has 0 saturated carbocycles. The van der Waals surface area contributed by atoms with Crippen molar-refractivity contribution in [2.24, 2.45) is 0 Å². The van der Waals surface area contributed by atoms with Gasteiger partial charge in [0.25, 0.3) is 5.91 Å². The minimum absolute atomic E-state index is 0.00126. The molecule has 0 aliphatic carbocycles. The van der Waals surface area contributed by atoms with E-state index in [1.165, 1.54) is 0 Å². The quantitative estimate of drug-likeness (QED) is 0.584. The molecule has 0 N–H and O–H groups in total. The molecule has 0 bridgehead atoms. The van der Waals surface area contributed by atoms with E-state index in [9.17, 15) is 10.1 Å². The zero-order valence-corrected chi connectivity index (χ0v) is 17.7. The van der Waals surface area contributed by atoms with Crippen LogP contribution in [0.15, 0.2) is 46.9 Å². The molecule has 8 heteroatoms. The maximum absolute atomic E-state index is 12.7. The number of hydrogen-bond acceptors (Lipinski definition) is 5. The molecule has 1 aliphatic heterocycles. The number of carbonyl (C=O) groups is 1. The highest BCUT2D eigenvalue weighted by atomic mass is 35.5. The van der Waals surface area contributed by atoms with Gasteiger partial charge in [0.15, 0.2) is 0 Å². The van der Waals surface area contributed by atoms with E-state index in [0.29, 0.717) is 53.2 Å². The monoisotopic (exact) mass is 440 g/mol. The number of aryl methyl sites for hydroxylation is 1. The van der Waals surface area contributed by atoms with Gasteiger partial charge in [0.1, 0.15) is 6.07 Å². The van der Waals surface area contributed by atoms with E-state index in [1.807, 2.05) is 36.1 Å². The summed E-state index contributed by atoms with van der Waals surface area (Å²) in [5.74, 6) is 0.656. The summed E-state index contributed by atoms with van der Waals surface area (Å²) in [6, 6.07) is 14.6. The van der Waals surface area contributed by atoms with Crippen LogP contribution in [0, 0.1) is 18.3 Å². The summed E-state index contributed by atoms with van der Waals surface area (Å²) in [6.07, 6.45) is 0. The summed E-state index contributed by atoms with van der Waals surface area (Å²) in [5, 5.41) is 10.4. The highest BCUT2D eigenvalue weighted by molar-refractivity contribution is 6.36. The van der Waals surface area contributed by atoms with Crippen molar-refractivity contribution >= 4 is 35.0 Å². The van der Waals surface area contributed by atoms with Crippen LogP contribution in [0.3, 0.4) is 0 Å². The van der Waals surface area contributed by atoms with E-state index < -0.39 is 0 Å². The van der Waals surface area contributed by atoms with Crippen LogP contribution >= 0.6 is 23.2 Å². The molecular weight excluding hydrogens is 423 g/mol. The number of rotatable bonds is 3. The first-order chi connectivity index (χ1) is 14.5. The first-order valence-electron chi connectivity index (χ1n) is 9.43. The lowest BCUT2D eigenvalue weighted by Gasteiger charge is -2.34. The second-order valence-corrected chi connectivity index (χ2v) is 7.90. The number of piperazine rings is 1. The van der Waals surface area contributed by atoms with Crippen molar-refractivity contribution in [2.45, 2.75) is 6.92 Å². The zero-order valence-electron chi connectivity index (χ0n) is 16.2. The van der Waals surface area contributed by atoms with Gasteiger partial charge in [0.2, 0.25) is 17.5 Å². The van der Waals surface area contributed by atoms with Crippen molar-refractivity contribution in [3.8, 4) is 17.5 Å². The molecule has 6 nitrogen and oxygen atoms in total. The Morgan fingerprint density at radius 3 is 2.43 bits per heavy atom. The van der Waals surface area contributed by atoms with E-state index in [-0.39, 0.29) is 17.5 Å². The number of anilines is 1. The van der Waals surface area contributed by atoms with E-state index in [2.05, 4.69) is 11.1 Å². The molecule has 1 saturated heterocycles. The van der Waals surface area contributed by atoms with Gasteiger partial charge in [-0.05, 0) is 37.3 Å². The number of hydrogen-bond donors (Lipinski definition) is 0. The van der Waals surface area contributed by atoms with Crippen molar-refractivity contribution in [2.75, 3.05) is 31.1 Å². The number of carbonyl (C=O) groups excluding carboxylic acids is 1. The Morgan fingerprint density at radius 2 is 1.80 bits per heavy atom. The van der Waals surface area contributed by atoms with Crippen molar-refractivity contribution in [3.63, 3.8) is 0 Å². The van der Waals surface area contributed by atoms with Crippen molar-refractivity contribution < 1.29 is 9.21 Å². The fourth-order valence-electron chi connectivity index (χ4n) is 3.37. The Hall–Kier alpha value is -3.01. The lowest BCUT2D eigenvalue weighted by Crippen LogP contribution is -2.48. The molecule has 1 fully saturated rings. The normalized spacial score (nSPS) is 13.9. The molecular formula is C22H18Cl2N4O2. The standard InChI is InChI=1S/C22H18Cl2N4O2/c1-14-2-4-15(5-3-14)21(29)27-8-10-28(11-9-27)22-19(13-25)26-20(30-22)17-7-6-16(23)12-18(17)24/h2-7,12H,8-11H2,1H3. The molecule has 30 heavy (non-hydrogen) atoms. The summed E-state index contributed by atoms with van der Waals surface area (Å²) in [4.78, 5) is 20.8. The molecule has 0 radical (unpaired) electrons. The van der Waals surface area contributed by atoms with Crippen molar-refractivity contribution in [1.29, 1.82) is 5.26 Å². The largest absolute Gasteiger partial charge is 0.419 e. The number of aromatic nitrogens is 1. The van der Waals surface area contributed by atoms with Gasteiger partial charge < -0.3 is 14.2 Å². The fourth-order valence-corrected chi connectivity index (χ4v) is 3.86. The van der Waals surface area contributed by atoms with Crippen LogP contribution in [-0.4, -0.2) is 42.0 Å². The molecule has 2 heterocycles. The summed E-state index contributed by atoms with van der Waals surface area (Å²) >= 11 is 12.2. The first-order valence-corrected chi connectivity index (χ1v) is 10.2. The first kappa shape index (κ1) is 20.3. The Labute approximate surface area is 184 Å². The number of benzene rings is 2. The van der Waals surface area contributed by atoms with Gasteiger partial charge in [0, 0.05) is 36.8 Å². The Bertz CT molecular complexity index is 1130. The third-order valence-electron chi connectivity index (χ3n) is 5.03. The second-order valence-electron chi connectivity index (χ2n) is 7.05. The molecule has 3 aromatic rings. The summed E-state index contributed by atoms with van der Waals surface area (Å²) < 4.78 is 5.91. The van der Waals surface area contributed by atoms with Gasteiger partial charge in [-0.25, -0.2) is 0 Å². The van der Waals surface area contributed by atoms with Crippen LogP contribution in [0.4, 0.5) is 5.88 Å². The zero-order chi connectivity index (χ0) is 21.3. The van der Waals surface area contributed by atoms with Gasteiger partial charge in [-0.3, -0.25) is 4.79 Å². The number of oxazole rings is 1.